The minimum Gasteiger partial charge on any atom is -0.478 e. The molecule has 0 aromatic heterocycles. The van der Waals surface area contributed by atoms with Crippen LogP contribution in [0.3, 0.4) is 0 Å². The summed E-state index contributed by atoms with van der Waals surface area (Å²) >= 11 is 0. The van der Waals surface area contributed by atoms with Gasteiger partial charge < -0.3 is 5.11 Å². The first-order valence-corrected chi connectivity index (χ1v) is 9.24. The van der Waals surface area contributed by atoms with Crippen LogP contribution in [-0.4, -0.2) is 22.7 Å². The molecule has 0 heterocycles. The summed E-state index contributed by atoms with van der Waals surface area (Å²) < 4.78 is 52.2. The summed E-state index contributed by atoms with van der Waals surface area (Å²) in [6, 6.07) is 7.04. The number of alkyl halides is 3. The van der Waals surface area contributed by atoms with Crippen LogP contribution in [0.5, 0.6) is 0 Å². The van der Waals surface area contributed by atoms with Crippen LogP contribution in [0.1, 0.15) is 39.9 Å². The maximum atomic E-state index is 13.6. The van der Waals surface area contributed by atoms with E-state index in [1.165, 1.54) is 6.07 Å². The summed E-state index contributed by atoms with van der Waals surface area (Å²) in [5.41, 5.74) is 0.420. The van der Waals surface area contributed by atoms with Crippen molar-refractivity contribution in [2.75, 3.05) is 0 Å². The number of benzene rings is 2. The van der Waals surface area contributed by atoms with E-state index in [1.807, 2.05) is 0 Å². The molecule has 0 aliphatic heterocycles. The summed E-state index contributed by atoms with van der Waals surface area (Å²) in [6.45, 7) is 1.68. The summed E-state index contributed by atoms with van der Waals surface area (Å²) in [5, 5.41) is 19.0. The summed E-state index contributed by atoms with van der Waals surface area (Å²) in [6.07, 6.45) is -3.14. The number of quaternary nitrogens is 1. The van der Waals surface area contributed by atoms with Crippen LogP contribution in [0.25, 0.3) is 0 Å². The highest BCUT2D eigenvalue weighted by atomic mass is 19.4. The van der Waals surface area contributed by atoms with Crippen LogP contribution in [0, 0.1) is 24.1 Å². The summed E-state index contributed by atoms with van der Waals surface area (Å²) in [5.74, 6) is -1.46. The Kier molecular flexibility index (Phi) is 6.02. The van der Waals surface area contributed by atoms with Gasteiger partial charge in [0.25, 0.3) is 0 Å². The van der Waals surface area contributed by atoms with Crippen LogP contribution < -0.4 is 5.32 Å². The third-order valence-corrected chi connectivity index (χ3v) is 4.71. The molecule has 1 aliphatic rings. The number of aryl methyl sites for hydroxylation is 1. The number of nitrogens with two attached hydrogens (primary N) is 1. The molecule has 1 aliphatic carbocycles. The zero-order valence-electron chi connectivity index (χ0n) is 16.1. The van der Waals surface area contributed by atoms with Gasteiger partial charge in [-0.2, -0.15) is 18.2 Å². The second-order valence-corrected chi connectivity index (χ2v) is 7.30. The van der Waals surface area contributed by atoms with Gasteiger partial charge in [0.2, 0.25) is 5.84 Å². The van der Waals surface area contributed by atoms with Crippen molar-refractivity contribution in [3.63, 3.8) is 0 Å². The Hall–Kier alpha value is -3.07. The average Bonchev–Trinajstić information content (AvgIpc) is 3.44. The van der Waals surface area contributed by atoms with Crippen LogP contribution in [-0.2, 0) is 12.6 Å². The van der Waals surface area contributed by atoms with E-state index in [2.05, 4.69) is 4.99 Å². The smallest absolute Gasteiger partial charge is 0.416 e. The van der Waals surface area contributed by atoms with Gasteiger partial charge >= 0.3 is 12.1 Å². The summed E-state index contributed by atoms with van der Waals surface area (Å²) in [7, 11) is 0. The van der Waals surface area contributed by atoms with Gasteiger partial charge in [-0.3, -0.25) is 10.7 Å². The van der Waals surface area contributed by atoms with E-state index in [1.54, 1.807) is 24.4 Å². The zero-order chi connectivity index (χ0) is 22.1. The molecule has 0 unspecified atom stereocenters. The van der Waals surface area contributed by atoms with Gasteiger partial charge in [-0.25, -0.2) is 9.18 Å². The number of carboxylic acids is 1. The van der Waals surface area contributed by atoms with Crippen LogP contribution in [0.2, 0.25) is 0 Å². The fourth-order valence-corrected chi connectivity index (χ4v) is 3.11. The number of hydrogen-bond donors (Lipinski definition) is 3. The van der Waals surface area contributed by atoms with Gasteiger partial charge in [-0.15, -0.1) is 0 Å². The number of carboxylic acid groups (broad SMARTS) is 1. The first kappa shape index (κ1) is 21.6. The molecule has 30 heavy (non-hydrogen) atoms. The third-order valence-electron chi connectivity index (χ3n) is 4.71. The molecule has 1 saturated carbocycles. The van der Waals surface area contributed by atoms with Crippen molar-refractivity contribution in [3.05, 3.63) is 64.5 Å². The van der Waals surface area contributed by atoms with E-state index in [-0.39, 0.29) is 29.3 Å². The lowest BCUT2D eigenvalue weighted by Crippen LogP contribution is -2.83. The molecular formula is C21H20F4N3O2+. The van der Waals surface area contributed by atoms with E-state index in [9.17, 15) is 22.4 Å². The van der Waals surface area contributed by atoms with E-state index in [0.29, 0.717) is 17.5 Å². The van der Waals surface area contributed by atoms with Crippen molar-refractivity contribution >= 4 is 23.3 Å². The minimum absolute atomic E-state index is 0.0212. The number of halogens is 4. The predicted molar refractivity (Wildman–Crippen MR) is 103 cm³/mol. The van der Waals surface area contributed by atoms with Gasteiger partial charge in [0, 0.05) is 18.6 Å². The normalized spacial score (nSPS) is 14.6. The Labute approximate surface area is 170 Å². The SMILES string of the molecule is Cc1cc([NH2+]C(=NC(=N)Cc2cc(F)cc(C(F)(F)F)c2)C2CC2)ccc1C(=O)O. The molecule has 0 radical (unpaired) electrons. The number of carbonyl (C=O) groups is 1. The van der Waals surface area contributed by atoms with Crippen molar-refractivity contribution in [2.24, 2.45) is 10.9 Å². The van der Waals surface area contributed by atoms with Crippen molar-refractivity contribution in [1.82, 2.24) is 0 Å². The first-order valence-electron chi connectivity index (χ1n) is 9.24. The van der Waals surface area contributed by atoms with E-state index >= 15 is 0 Å². The molecule has 2 aromatic carbocycles. The molecular weight excluding hydrogens is 402 g/mol. The maximum Gasteiger partial charge on any atom is 0.416 e. The van der Waals surface area contributed by atoms with Gasteiger partial charge in [-0.05, 0) is 55.2 Å². The zero-order valence-corrected chi connectivity index (χ0v) is 16.1. The van der Waals surface area contributed by atoms with Gasteiger partial charge in [0.1, 0.15) is 17.3 Å². The van der Waals surface area contributed by atoms with Crippen molar-refractivity contribution < 1.29 is 32.8 Å². The Morgan fingerprint density at radius 1 is 1.23 bits per heavy atom. The topological polar surface area (TPSA) is 90.1 Å². The van der Waals surface area contributed by atoms with Crippen LogP contribution in [0.15, 0.2) is 41.4 Å². The molecule has 4 N–H and O–H groups in total. The molecule has 5 nitrogen and oxygen atoms in total. The molecule has 0 bridgehead atoms. The van der Waals surface area contributed by atoms with Gasteiger partial charge in [0.15, 0.2) is 0 Å². The van der Waals surface area contributed by atoms with E-state index in [0.717, 1.165) is 30.7 Å². The average molecular weight is 422 g/mol. The molecule has 158 valence electrons. The maximum absolute atomic E-state index is 13.6. The Balaban J connectivity index is 1.78. The second kappa shape index (κ2) is 8.35. The fraction of sp³-hybridized carbons (Fsp3) is 0.286. The lowest BCUT2D eigenvalue weighted by atomic mass is 10.1. The van der Waals surface area contributed by atoms with Crippen LogP contribution >= 0.6 is 0 Å². The quantitative estimate of drug-likeness (QED) is 0.293. The first-order chi connectivity index (χ1) is 14.0. The number of hydrogen-bond acceptors (Lipinski definition) is 2. The number of nitrogens with zero attached hydrogens (tertiary/aromatic N) is 1. The molecule has 0 amide bonds. The lowest BCUT2D eigenvalue weighted by Gasteiger charge is -2.10. The molecule has 3 rings (SSSR count). The largest absolute Gasteiger partial charge is 0.478 e. The summed E-state index contributed by atoms with van der Waals surface area (Å²) in [4.78, 5) is 15.4. The lowest BCUT2D eigenvalue weighted by molar-refractivity contribution is -0.447. The van der Waals surface area contributed by atoms with Crippen molar-refractivity contribution in [3.8, 4) is 0 Å². The molecule has 0 spiro atoms. The highest BCUT2D eigenvalue weighted by Gasteiger charge is 2.33. The molecule has 0 atom stereocenters. The minimum atomic E-state index is -4.67. The highest BCUT2D eigenvalue weighted by Crippen LogP contribution is 2.31. The van der Waals surface area contributed by atoms with E-state index < -0.39 is 23.5 Å². The highest BCUT2D eigenvalue weighted by molar-refractivity contribution is 5.95. The second-order valence-electron chi connectivity index (χ2n) is 7.30. The third kappa shape index (κ3) is 5.50. The Morgan fingerprint density at radius 3 is 2.50 bits per heavy atom. The number of rotatable bonds is 5. The van der Waals surface area contributed by atoms with Crippen molar-refractivity contribution in [2.45, 2.75) is 32.4 Å². The molecule has 1 fully saturated rings. The monoisotopic (exact) mass is 422 g/mol. The number of aliphatic imine (C=N–C) groups is 1. The predicted octanol–water partition coefficient (Wildman–Crippen LogP) is 4.07. The van der Waals surface area contributed by atoms with Crippen LogP contribution in [0.4, 0.5) is 23.2 Å². The number of aromatic carboxylic acids is 1. The number of nitrogens with one attached hydrogen (secondary N) is 1. The van der Waals surface area contributed by atoms with Crippen molar-refractivity contribution in [1.29, 1.82) is 5.41 Å². The number of amidine groups is 2. The van der Waals surface area contributed by atoms with Gasteiger partial charge in [-0.1, -0.05) is 0 Å². The molecule has 2 aromatic rings. The fourth-order valence-electron chi connectivity index (χ4n) is 3.11. The molecule has 0 saturated heterocycles. The molecule has 9 heteroatoms. The van der Waals surface area contributed by atoms with E-state index in [4.69, 9.17) is 10.5 Å². The standard InChI is InChI=1S/C21H19F4N3O2/c1-11-6-16(4-5-17(11)20(29)30)27-19(13-2-3-13)28-18(26)9-12-7-14(21(23,24)25)10-15(22)8-12/h4-8,10,13H,2-3,9H2,1H3,(H,29,30)(H2,26,27,28)/p+1. The Bertz CT molecular complexity index is 1030. The van der Waals surface area contributed by atoms with Gasteiger partial charge in [0.05, 0.1) is 17.0 Å². The Morgan fingerprint density at radius 2 is 1.93 bits per heavy atom.